The van der Waals surface area contributed by atoms with E-state index in [9.17, 15) is 9.18 Å². The largest absolute Gasteiger partial charge is 0.329 e. The van der Waals surface area contributed by atoms with Crippen LogP contribution in [0.25, 0.3) is 4.85 Å². The summed E-state index contributed by atoms with van der Waals surface area (Å²) < 4.78 is 16.4. The van der Waals surface area contributed by atoms with Crippen molar-refractivity contribution in [3.05, 3.63) is 86.8 Å². The Labute approximate surface area is 219 Å². The second kappa shape index (κ2) is 11.8. The zero-order valence-electron chi connectivity index (χ0n) is 19.8. The molecule has 2 aromatic carbocycles. The molecule has 0 radical (unpaired) electrons. The predicted molar refractivity (Wildman–Crippen MR) is 144 cm³/mol. The number of halogens is 2. The minimum absolute atomic E-state index is 0.0327. The van der Waals surface area contributed by atoms with Crippen LogP contribution in [0, 0.1) is 10.1 Å². The molecule has 182 valence electrons. The summed E-state index contributed by atoms with van der Waals surface area (Å²) in [6.07, 6.45) is 6.85. The number of piperazine rings is 1. The molecule has 1 amide bonds. The number of hydrogen-bond donors (Lipinski definition) is 0. The molecule has 0 spiro atoms. The van der Waals surface area contributed by atoms with E-state index in [2.05, 4.69) is 48.8 Å². The van der Waals surface area contributed by atoms with Crippen LogP contribution < -0.4 is 4.90 Å². The van der Waals surface area contributed by atoms with Gasteiger partial charge in [0.15, 0.2) is 5.69 Å². The Balaban J connectivity index is 1.52. The van der Waals surface area contributed by atoms with Crippen molar-refractivity contribution < 1.29 is 9.18 Å². The Hall–Kier alpha value is -2.77. The number of imidazole rings is 1. The summed E-state index contributed by atoms with van der Waals surface area (Å²) in [6, 6.07) is 13.4. The number of amides is 1. The van der Waals surface area contributed by atoms with Crippen LogP contribution in [-0.2, 0) is 24.6 Å². The van der Waals surface area contributed by atoms with Gasteiger partial charge in [-0.25, -0.2) is 14.2 Å². The van der Waals surface area contributed by atoms with Crippen LogP contribution in [-0.4, -0.2) is 39.5 Å². The highest BCUT2D eigenvalue weighted by atomic mass is 123. The maximum atomic E-state index is 13.4. The van der Waals surface area contributed by atoms with Crippen LogP contribution in [0.4, 0.5) is 15.8 Å². The van der Waals surface area contributed by atoms with Crippen molar-refractivity contribution in [2.24, 2.45) is 0 Å². The topological polar surface area (TPSA) is 45.7 Å². The van der Waals surface area contributed by atoms with E-state index in [1.54, 1.807) is 6.07 Å². The molecule has 2 heterocycles. The zero-order chi connectivity index (χ0) is 24.8. The first-order valence-corrected chi connectivity index (χ1v) is 12.9. The third-order valence-electron chi connectivity index (χ3n) is 6.43. The smallest absolute Gasteiger partial charge is 0.241 e. The number of anilines is 1. The van der Waals surface area contributed by atoms with Crippen LogP contribution >= 0.6 is 22.6 Å². The average molecular weight is 581 g/mol. The number of rotatable bonds is 9. The first kappa shape index (κ1) is 25.3. The van der Waals surface area contributed by atoms with Crippen LogP contribution in [0.2, 0.25) is 0 Å². The minimum Gasteiger partial charge on any atom is -0.329 e. The molecule has 1 fully saturated rings. The van der Waals surface area contributed by atoms with Gasteiger partial charge >= 0.3 is 0 Å². The van der Waals surface area contributed by atoms with Crippen LogP contribution in [0.15, 0.2) is 55.0 Å². The molecule has 1 aliphatic rings. The first-order chi connectivity index (χ1) is 17.0. The molecule has 0 saturated carbocycles. The molecule has 1 atom stereocenters. The second-order valence-corrected chi connectivity index (χ2v) is 10.2. The van der Waals surface area contributed by atoms with Gasteiger partial charge in [-0.05, 0) is 58.3 Å². The fraction of sp³-hybridized carbons (Fsp3) is 0.370. The van der Waals surface area contributed by atoms with Gasteiger partial charge in [0, 0.05) is 41.1 Å². The molecule has 4 rings (SSSR count). The maximum Gasteiger partial charge on any atom is 0.241 e. The number of carbonyl (C=O) groups excluding carboxylic acids is 1. The number of unbranched alkanes of at least 4 members (excludes halogenated alkanes) is 1. The Morgan fingerprint density at radius 2 is 1.97 bits per heavy atom. The Morgan fingerprint density at radius 1 is 1.17 bits per heavy atom. The van der Waals surface area contributed by atoms with Crippen molar-refractivity contribution in [1.29, 1.82) is 0 Å². The molecular formula is C27H29FIN5O. The molecular weight excluding hydrogens is 552 g/mol. The van der Waals surface area contributed by atoms with E-state index in [0.29, 0.717) is 37.4 Å². The van der Waals surface area contributed by atoms with Gasteiger partial charge in [0.2, 0.25) is 5.91 Å². The van der Waals surface area contributed by atoms with Gasteiger partial charge in [-0.3, -0.25) is 9.69 Å². The number of carbonyl (C=O) groups is 1. The van der Waals surface area contributed by atoms with Crippen molar-refractivity contribution >= 4 is 39.9 Å². The summed E-state index contributed by atoms with van der Waals surface area (Å²) in [6.45, 7) is 11.0. The third kappa shape index (κ3) is 6.27. The molecule has 1 aliphatic heterocycles. The lowest BCUT2D eigenvalue weighted by Crippen LogP contribution is -2.56. The lowest BCUT2D eigenvalue weighted by atomic mass is 10.0. The summed E-state index contributed by atoms with van der Waals surface area (Å²) in [5.74, 6) is 0.0327. The van der Waals surface area contributed by atoms with Gasteiger partial charge in [-0.2, -0.15) is 0 Å². The van der Waals surface area contributed by atoms with Gasteiger partial charge in [0.05, 0.1) is 25.1 Å². The highest BCUT2D eigenvalue weighted by Gasteiger charge is 2.33. The molecule has 1 aromatic heterocycles. The summed E-state index contributed by atoms with van der Waals surface area (Å²) in [7, 11) is 0. The SMILES string of the molecule is [C-]#[N+]c1ccc(Cn2cncc2CN2CC(=O)N(c3cc([123I])cc(CF)c3)C[C@@H]2CCCC)cc1. The van der Waals surface area contributed by atoms with E-state index in [-0.39, 0.29) is 11.9 Å². The van der Waals surface area contributed by atoms with Crippen molar-refractivity contribution in [3.8, 4) is 0 Å². The molecule has 0 aliphatic carbocycles. The second-order valence-electron chi connectivity index (χ2n) is 8.95. The molecule has 8 heteroatoms. The van der Waals surface area contributed by atoms with Gasteiger partial charge in [0.25, 0.3) is 0 Å². The van der Waals surface area contributed by atoms with Crippen molar-refractivity contribution in [2.45, 2.75) is 52.0 Å². The van der Waals surface area contributed by atoms with Crippen LogP contribution in [0.3, 0.4) is 0 Å². The third-order valence-corrected chi connectivity index (χ3v) is 7.05. The van der Waals surface area contributed by atoms with Gasteiger partial charge in [-0.1, -0.05) is 44.0 Å². The maximum absolute atomic E-state index is 13.4. The number of hydrogen-bond acceptors (Lipinski definition) is 3. The average Bonchev–Trinajstić information content (AvgIpc) is 3.29. The molecule has 6 nitrogen and oxygen atoms in total. The summed E-state index contributed by atoms with van der Waals surface area (Å²) in [5, 5.41) is 0. The highest BCUT2D eigenvalue weighted by molar-refractivity contribution is 14.1. The number of nitrogens with zero attached hydrogens (tertiary/aromatic N) is 5. The summed E-state index contributed by atoms with van der Waals surface area (Å²) >= 11 is 2.18. The quantitative estimate of drug-likeness (QED) is 0.231. The van der Waals surface area contributed by atoms with Gasteiger partial charge < -0.3 is 9.47 Å². The molecule has 0 unspecified atom stereocenters. The summed E-state index contributed by atoms with van der Waals surface area (Å²) in [4.78, 5) is 25.2. The fourth-order valence-electron chi connectivity index (χ4n) is 4.53. The molecule has 1 saturated heterocycles. The molecule has 3 aromatic rings. The lowest BCUT2D eigenvalue weighted by molar-refractivity contribution is -0.122. The molecule has 0 bridgehead atoms. The fourth-order valence-corrected chi connectivity index (χ4v) is 5.25. The zero-order valence-corrected chi connectivity index (χ0v) is 22.0. The van der Waals surface area contributed by atoms with Crippen molar-refractivity contribution in [2.75, 3.05) is 18.0 Å². The predicted octanol–water partition coefficient (Wildman–Crippen LogP) is 5.96. The normalized spacial score (nSPS) is 16.5. The van der Waals surface area contributed by atoms with Crippen molar-refractivity contribution in [3.63, 3.8) is 0 Å². The van der Waals surface area contributed by atoms with E-state index in [1.807, 2.05) is 53.8 Å². The standard InChI is InChI=1S/C27H29FIN5O/c1-3-4-5-24-17-34(25-11-21(13-28)10-22(29)12-25)27(35)18-32(24)16-26-14-31-19-33(26)15-20-6-8-23(30-2)9-7-20/h6-12,14,19,24H,3-5,13,15-18H2,1H3/t24-/m0/s1/i29-4. The van der Waals surface area contributed by atoms with Crippen LogP contribution in [0.5, 0.6) is 0 Å². The molecule has 0 N–H and O–H groups in total. The van der Waals surface area contributed by atoms with E-state index >= 15 is 0 Å². The summed E-state index contributed by atoms with van der Waals surface area (Å²) in [5.41, 5.74) is 4.16. The Morgan fingerprint density at radius 3 is 2.69 bits per heavy atom. The Bertz CT molecular complexity index is 1200. The number of alkyl halides is 1. The first-order valence-electron chi connectivity index (χ1n) is 11.9. The number of benzene rings is 2. The lowest BCUT2D eigenvalue weighted by Gasteiger charge is -2.41. The van der Waals surface area contributed by atoms with E-state index in [1.165, 1.54) is 0 Å². The Kier molecular flexibility index (Phi) is 8.52. The minimum atomic E-state index is -0.540. The van der Waals surface area contributed by atoms with Gasteiger partial charge in [0.1, 0.15) is 6.67 Å². The van der Waals surface area contributed by atoms with Gasteiger partial charge in [-0.15, -0.1) is 0 Å². The highest BCUT2D eigenvalue weighted by Crippen LogP contribution is 2.27. The van der Waals surface area contributed by atoms with E-state index in [0.717, 1.165) is 39.8 Å². The monoisotopic (exact) mass is 581 g/mol. The molecule has 35 heavy (non-hydrogen) atoms. The van der Waals surface area contributed by atoms with Crippen LogP contribution in [0.1, 0.15) is 43.0 Å². The number of aromatic nitrogens is 2. The van der Waals surface area contributed by atoms with E-state index in [4.69, 9.17) is 6.57 Å². The van der Waals surface area contributed by atoms with E-state index < -0.39 is 6.67 Å². The van der Waals surface area contributed by atoms with Crippen molar-refractivity contribution in [1.82, 2.24) is 14.5 Å².